The monoisotopic (exact) mass is 574 g/mol. The third-order valence-corrected chi connectivity index (χ3v) is 7.98. The molecule has 1 amide bonds. The standard InChI is InChI=1S/C35H46N2O5/c1-2-3-4-5-6-7-8-9-10-11-12-13-14-20-27-36-33(29-23-18-19-24-30(29)37(41)42)32(34(39)35(36)40)31(38)26-25-28-21-16-15-17-22-28/h15-19,21-26,33,39H,2-14,20,27H2,1H3/b26-25+/t33-/m1/s1. The molecule has 0 saturated heterocycles. The summed E-state index contributed by atoms with van der Waals surface area (Å²) >= 11 is 0. The summed E-state index contributed by atoms with van der Waals surface area (Å²) in [6, 6.07) is 14.3. The lowest BCUT2D eigenvalue weighted by Gasteiger charge is -2.26. The number of rotatable bonds is 20. The molecular formula is C35H46N2O5. The van der Waals surface area contributed by atoms with Gasteiger partial charge in [-0.15, -0.1) is 0 Å². The fourth-order valence-corrected chi connectivity index (χ4v) is 5.65. The molecule has 0 fully saturated rings. The lowest BCUT2D eigenvalue weighted by molar-refractivity contribution is -0.385. The number of nitro benzene ring substituents is 1. The van der Waals surface area contributed by atoms with E-state index in [2.05, 4.69) is 6.92 Å². The van der Waals surface area contributed by atoms with Gasteiger partial charge in [-0.05, 0) is 24.1 Å². The second-order valence-electron chi connectivity index (χ2n) is 11.2. The maximum atomic E-state index is 13.3. The number of ketones is 1. The molecule has 1 aliphatic heterocycles. The molecule has 0 bridgehead atoms. The Morgan fingerprint density at radius 3 is 1.93 bits per heavy atom. The van der Waals surface area contributed by atoms with E-state index in [1.54, 1.807) is 24.3 Å². The molecule has 1 N–H and O–H groups in total. The molecule has 2 aromatic rings. The van der Waals surface area contributed by atoms with Crippen LogP contribution < -0.4 is 0 Å². The highest BCUT2D eigenvalue weighted by Crippen LogP contribution is 2.41. The van der Waals surface area contributed by atoms with Crippen LogP contribution in [-0.4, -0.2) is 33.2 Å². The molecule has 1 atom stereocenters. The molecule has 7 nitrogen and oxygen atoms in total. The Kier molecular flexibility index (Phi) is 14.0. The number of nitrogens with zero attached hydrogens (tertiary/aromatic N) is 2. The number of amides is 1. The first-order valence-electron chi connectivity index (χ1n) is 15.7. The number of allylic oxidation sites excluding steroid dienone is 1. The smallest absolute Gasteiger partial charge is 0.290 e. The first kappa shape index (κ1) is 32.8. The average Bonchev–Trinajstić information content (AvgIpc) is 3.25. The molecule has 1 aliphatic rings. The van der Waals surface area contributed by atoms with Crippen molar-refractivity contribution in [3.63, 3.8) is 0 Å². The normalized spacial score (nSPS) is 15.2. The van der Waals surface area contributed by atoms with Gasteiger partial charge < -0.3 is 10.0 Å². The van der Waals surface area contributed by atoms with Gasteiger partial charge in [0.2, 0.25) is 0 Å². The fraction of sp³-hybridized carbons (Fsp3) is 0.486. The molecule has 2 aromatic carbocycles. The molecule has 0 saturated carbocycles. The Hall–Kier alpha value is -3.74. The first-order chi connectivity index (χ1) is 20.5. The molecule has 0 unspecified atom stereocenters. The summed E-state index contributed by atoms with van der Waals surface area (Å²) in [7, 11) is 0. The van der Waals surface area contributed by atoms with Crippen LogP contribution in [0.25, 0.3) is 6.08 Å². The van der Waals surface area contributed by atoms with Gasteiger partial charge in [-0.25, -0.2) is 0 Å². The predicted octanol–water partition coefficient (Wildman–Crippen LogP) is 9.05. The van der Waals surface area contributed by atoms with Crippen LogP contribution in [0, 0.1) is 10.1 Å². The van der Waals surface area contributed by atoms with Crippen LogP contribution in [0.2, 0.25) is 0 Å². The third kappa shape index (κ3) is 9.68. The number of para-hydroxylation sites is 1. The highest BCUT2D eigenvalue weighted by molar-refractivity contribution is 6.14. The van der Waals surface area contributed by atoms with Gasteiger partial charge in [-0.1, -0.05) is 139 Å². The second-order valence-corrected chi connectivity index (χ2v) is 11.2. The van der Waals surface area contributed by atoms with Crippen molar-refractivity contribution in [3.05, 3.63) is 93.2 Å². The number of carbonyl (C=O) groups is 2. The number of carbonyl (C=O) groups excluding carboxylic acids is 2. The van der Waals surface area contributed by atoms with Crippen LogP contribution in [0.3, 0.4) is 0 Å². The minimum atomic E-state index is -1.02. The zero-order chi connectivity index (χ0) is 30.2. The van der Waals surface area contributed by atoms with Crippen molar-refractivity contribution in [2.24, 2.45) is 0 Å². The van der Waals surface area contributed by atoms with Crippen molar-refractivity contribution in [1.29, 1.82) is 0 Å². The predicted molar refractivity (Wildman–Crippen MR) is 168 cm³/mol. The van der Waals surface area contributed by atoms with E-state index in [1.807, 2.05) is 30.3 Å². The second kappa shape index (κ2) is 17.9. The molecule has 226 valence electrons. The Morgan fingerprint density at radius 1 is 0.833 bits per heavy atom. The minimum absolute atomic E-state index is 0.119. The number of hydrogen-bond donors (Lipinski definition) is 1. The van der Waals surface area contributed by atoms with E-state index < -0.39 is 28.4 Å². The lowest BCUT2D eigenvalue weighted by Crippen LogP contribution is -2.32. The van der Waals surface area contributed by atoms with Gasteiger partial charge in [-0.2, -0.15) is 0 Å². The van der Waals surface area contributed by atoms with E-state index in [0.717, 1.165) is 24.8 Å². The van der Waals surface area contributed by atoms with Gasteiger partial charge in [-0.3, -0.25) is 19.7 Å². The molecule has 7 heteroatoms. The Bertz CT molecular complexity index is 1220. The zero-order valence-corrected chi connectivity index (χ0v) is 25.0. The molecule has 0 spiro atoms. The number of aliphatic hydroxyl groups is 1. The molecule has 0 aliphatic carbocycles. The SMILES string of the molecule is CCCCCCCCCCCCCCCCN1C(=O)C(O)=C(C(=O)/C=C/c2ccccc2)[C@H]1c1ccccc1[N+](=O)[O-]. The van der Waals surface area contributed by atoms with Crippen molar-refractivity contribution < 1.29 is 19.6 Å². The Balaban J connectivity index is 1.57. The van der Waals surface area contributed by atoms with Gasteiger partial charge in [0.05, 0.1) is 22.1 Å². The maximum absolute atomic E-state index is 13.3. The minimum Gasteiger partial charge on any atom is -0.503 e. The van der Waals surface area contributed by atoms with Crippen molar-refractivity contribution in [3.8, 4) is 0 Å². The number of unbranched alkanes of at least 4 members (excludes halogenated alkanes) is 13. The Labute approximate surface area is 250 Å². The average molecular weight is 575 g/mol. The van der Waals surface area contributed by atoms with E-state index in [9.17, 15) is 24.8 Å². The van der Waals surface area contributed by atoms with Crippen LogP contribution in [0.5, 0.6) is 0 Å². The summed E-state index contributed by atoms with van der Waals surface area (Å²) in [6.45, 7) is 2.55. The van der Waals surface area contributed by atoms with Crippen LogP contribution in [-0.2, 0) is 9.59 Å². The van der Waals surface area contributed by atoms with Gasteiger partial charge in [0.25, 0.3) is 11.6 Å². The number of benzene rings is 2. The number of hydrogen-bond acceptors (Lipinski definition) is 5. The summed E-state index contributed by atoms with van der Waals surface area (Å²) in [5.41, 5.74) is 0.707. The molecule has 0 radical (unpaired) electrons. The highest BCUT2D eigenvalue weighted by atomic mass is 16.6. The number of aliphatic hydroxyl groups excluding tert-OH is 1. The van der Waals surface area contributed by atoms with Gasteiger partial charge in [0.15, 0.2) is 11.5 Å². The first-order valence-corrected chi connectivity index (χ1v) is 15.7. The summed E-state index contributed by atoms with van der Waals surface area (Å²) in [5, 5.41) is 22.7. The van der Waals surface area contributed by atoms with Gasteiger partial charge >= 0.3 is 0 Å². The van der Waals surface area contributed by atoms with Crippen molar-refractivity contribution >= 4 is 23.5 Å². The van der Waals surface area contributed by atoms with E-state index in [-0.39, 0.29) is 16.8 Å². The summed E-state index contributed by atoms with van der Waals surface area (Å²) in [4.78, 5) is 39.3. The number of nitro groups is 1. The maximum Gasteiger partial charge on any atom is 0.290 e. The van der Waals surface area contributed by atoms with Crippen LogP contribution >= 0.6 is 0 Å². The van der Waals surface area contributed by atoms with E-state index in [1.165, 1.54) is 81.3 Å². The third-order valence-electron chi connectivity index (χ3n) is 7.98. The van der Waals surface area contributed by atoms with E-state index in [4.69, 9.17) is 0 Å². The van der Waals surface area contributed by atoms with Crippen LogP contribution in [0.4, 0.5) is 5.69 Å². The van der Waals surface area contributed by atoms with Gasteiger partial charge in [0, 0.05) is 12.6 Å². The van der Waals surface area contributed by atoms with E-state index in [0.29, 0.717) is 13.0 Å². The molecule has 42 heavy (non-hydrogen) atoms. The van der Waals surface area contributed by atoms with Crippen molar-refractivity contribution in [2.75, 3.05) is 6.54 Å². The zero-order valence-electron chi connectivity index (χ0n) is 25.0. The van der Waals surface area contributed by atoms with Crippen molar-refractivity contribution in [2.45, 2.75) is 103 Å². The quantitative estimate of drug-likeness (QED) is 0.0736. The molecule has 0 aromatic heterocycles. The Morgan fingerprint density at radius 2 is 1.36 bits per heavy atom. The van der Waals surface area contributed by atoms with Gasteiger partial charge in [0.1, 0.15) is 0 Å². The fourth-order valence-electron chi connectivity index (χ4n) is 5.65. The van der Waals surface area contributed by atoms with E-state index >= 15 is 0 Å². The molecule has 3 rings (SSSR count). The molecule has 1 heterocycles. The lowest BCUT2D eigenvalue weighted by atomic mass is 9.94. The summed E-state index contributed by atoms with van der Waals surface area (Å²) < 4.78 is 0. The largest absolute Gasteiger partial charge is 0.503 e. The summed E-state index contributed by atoms with van der Waals surface area (Å²) in [6.07, 6.45) is 19.8. The molecular weight excluding hydrogens is 528 g/mol. The highest BCUT2D eigenvalue weighted by Gasteiger charge is 2.44. The van der Waals surface area contributed by atoms with Crippen LogP contribution in [0.15, 0.2) is 72.0 Å². The van der Waals surface area contributed by atoms with Crippen molar-refractivity contribution in [1.82, 2.24) is 4.90 Å². The topological polar surface area (TPSA) is 101 Å². The van der Waals surface area contributed by atoms with Crippen LogP contribution in [0.1, 0.15) is 114 Å². The summed E-state index contributed by atoms with van der Waals surface area (Å²) in [5.74, 6) is -1.84.